The number of pyridine rings is 1. The second-order valence-electron chi connectivity index (χ2n) is 10.0. The number of carbonyl (C=O) groups excluding carboxylic acids is 1. The molecule has 4 rings (SSSR count). The first-order valence-corrected chi connectivity index (χ1v) is 13.9. The van der Waals surface area contributed by atoms with Crippen molar-refractivity contribution in [1.29, 1.82) is 0 Å². The average Bonchev–Trinajstić information content (AvgIpc) is 3.22. The van der Waals surface area contributed by atoms with E-state index in [2.05, 4.69) is 9.71 Å². The molecule has 0 aliphatic carbocycles. The number of carbonyl (C=O) groups is 1. The van der Waals surface area contributed by atoms with Gasteiger partial charge in [-0.05, 0) is 63.4 Å². The van der Waals surface area contributed by atoms with E-state index < -0.39 is 17.0 Å². The Kier molecular flexibility index (Phi) is 9.14. The zero-order valence-corrected chi connectivity index (χ0v) is 22.7. The molecule has 0 spiro atoms. The Hall–Kier alpha value is -3.27. The highest BCUT2D eigenvalue weighted by Crippen LogP contribution is 2.31. The van der Waals surface area contributed by atoms with Crippen LogP contribution in [-0.4, -0.2) is 38.9 Å². The SMILES string of the molecule is C[C@@H](CCc1ccccc1Oc1ccc(OCCC(C)(C)O)nc1)Oc1ccc(C2CC(=O)N[S+]2[O-])cc1. The van der Waals surface area contributed by atoms with Crippen LogP contribution in [0.2, 0.25) is 0 Å². The number of hydrogen-bond acceptors (Lipinski definition) is 7. The molecule has 1 saturated heterocycles. The number of aromatic nitrogens is 1. The van der Waals surface area contributed by atoms with Crippen LogP contribution in [0, 0.1) is 0 Å². The van der Waals surface area contributed by atoms with Crippen LogP contribution in [0.25, 0.3) is 0 Å². The number of benzene rings is 2. The maximum atomic E-state index is 12.0. The van der Waals surface area contributed by atoms with E-state index in [1.54, 1.807) is 26.1 Å². The van der Waals surface area contributed by atoms with Crippen LogP contribution >= 0.6 is 0 Å². The van der Waals surface area contributed by atoms with E-state index in [4.69, 9.17) is 14.2 Å². The fourth-order valence-corrected chi connectivity index (χ4v) is 5.13. The maximum Gasteiger partial charge on any atom is 0.266 e. The molecule has 2 heterocycles. The fourth-order valence-electron chi connectivity index (χ4n) is 3.98. The van der Waals surface area contributed by atoms with E-state index in [0.717, 1.165) is 35.5 Å². The van der Waals surface area contributed by atoms with Gasteiger partial charge in [-0.1, -0.05) is 30.3 Å². The highest BCUT2D eigenvalue weighted by molar-refractivity contribution is 7.90. The second-order valence-corrected chi connectivity index (χ2v) is 11.4. The number of nitrogens with zero attached hydrogens (tertiary/aromatic N) is 1. The van der Waals surface area contributed by atoms with Crippen molar-refractivity contribution < 1.29 is 28.7 Å². The van der Waals surface area contributed by atoms with Crippen molar-refractivity contribution in [2.75, 3.05) is 6.61 Å². The third-order valence-electron chi connectivity index (χ3n) is 6.13. The van der Waals surface area contributed by atoms with Crippen LogP contribution in [0.3, 0.4) is 0 Å². The van der Waals surface area contributed by atoms with Gasteiger partial charge in [0.2, 0.25) is 5.88 Å². The van der Waals surface area contributed by atoms with Gasteiger partial charge in [-0.15, -0.1) is 0 Å². The van der Waals surface area contributed by atoms with E-state index in [1.807, 2.05) is 61.5 Å². The van der Waals surface area contributed by atoms with E-state index in [-0.39, 0.29) is 23.7 Å². The molecule has 9 heteroatoms. The number of nitrogens with one attached hydrogen (secondary N) is 1. The Morgan fingerprint density at radius 3 is 2.53 bits per heavy atom. The molecule has 2 N–H and O–H groups in total. The van der Waals surface area contributed by atoms with Crippen molar-refractivity contribution in [1.82, 2.24) is 9.71 Å². The van der Waals surface area contributed by atoms with Crippen molar-refractivity contribution in [2.24, 2.45) is 0 Å². The third kappa shape index (κ3) is 8.11. The minimum Gasteiger partial charge on any atom is -0.593 e. The van der Waals surface area contributed by atoms with Gasteiger partial charge in [-0.2, -0.15) is 4.72 Å². The molecule has 3 aromatic rings. The van der Waals surface area contributed by atoms with Gasteiger partial charge in [-0.25, -0.2) is 4.98 Å². The van der Waals surface area contributed by atoms with E-state index in [0.29, 0.717) is 24.7 Å². The van der Waals surface area contributed by atoms with Gasteiger partial charge < -0.3 is 23.9 Å². The van der Waals surface area contributed by atoms with Gasteiger partial charge in [0, 0.05) is 18.1 Å². The summed E-state index contributed by atoms with van der Waals surface area (Å²) in [5.41, 5.74) is 1.14. The zero-order valence-electron chi connectivity index (χ0n) is 21.9. The van der Waals surface area contributed by atoms with E-state index >= 15 is 0 Å². The first-order valence-electron chi connectivity index (χ1n) is 12.7. The summed E-state index contributed by atoms with van der Waals surface area (Å²) in [6.45, 7) is 5.89. The molecular formula is C29H34N2O6S. The van der Waals surface area contributed by atoms with Crippen LogP contribution < -0.4 is 18.9 Å². The van der Waals surface area contributed by atoms with Gasteiger partial charge in [0.15, 0.2) is 5.25 Å². The highest BCUT2D eigenvalue weighted by atomic mass is 32.2. The van der Waals surface area contributed by atoms with Crippen LogP contribution in [0.4, 0.5) is 0 Å². The smallest absolute Gasteiger partial charge is 0.266 e. The Balaban J connectivity index is 1.28. The lowest BCUT2D eigenvalue weighted by atomic mass is 10.1. The highest BCUT2D eigenvalue weighted by Gasteiger charge is 2.36. The van der Waals surface area contributed by atoms with Gasteiger partial charge in [0.1, 0.15) is 17.2 Å². The quantitative estimate of drug-likeness (QED) is 0.311. The Bertz CT molecular complexity index is 1200. The molecule has 2 unspecified atom stereocenters. The lowest BCUT2D eigenvalue weighted by Crippen LogP contribution is -2.21. The van der Waals surface area contributed by atoms with Crippen LogP contribution in [-0.2, 0) is 22.6 Å². The molecule has 1 amide bonds. The third-order valence-corrected chi connectivity index (χ3v) is 7.51. The Labute approximate surface area is 226 Å². The molecule has 202 valence electrons. The molecule has 3 atom stereocenters. The monoisotopic (exact) mass is 538 g/mol. The Morgan fingerprint density at radius 2 is 1.87 bits per heavy atom. The first kappa shape index (κ1) is 27.8. The summed E-state index contributed by atoms with van der Waals surface area (Å²) >= 11 is -1.38. The lowest BCUT2D eigenvalue weighted by molar-refractivity contribution is -0.118. The van der Waals surface area contributed by atoms with Crippen LogP contribution in [0.15, 0.2) is 66.9 Å². The number of para-hydroxylation sites is 1. The number of ether oxygens (including phenoxy) is 3. The van der Waals surface area contributed by atoms with Gasteiger partial charge in [0.25, 0.3) is 5.91 Å². The number of amides is 1. The predicted octanol–water partition coefficient (Wildman–Crippen LogP) is 5.04. The summed E-state index contributed by atoms with van der Waals surface area (Å²) in [7, 11) is 0. The van der Waals surface area contributed by atoms with Crippen molar-refractivity contribution in [3.63, 3.8) is 0 Å². The summed E-state index contributed by atoms with van der Waals surface area (Å²) < 4.78 is 32.2. The molecule has 1 aliphatic rings. The van der Waals surface area contributed by atoms with Crippen molar-refractivity contribution in [3.05, 3.63) is 78.0 Å². The summed E-state index contributed by atoms with van der Waals surface area (Å²) in [6, 6.07) is 18.9. The van der Waals surface area contributed by atoms with Gasteiger partial charge in [-0.3, -0.25) is 4.79 Å². The molecule has 1 fully saturated rings. The zero-order chi connectivity index (χ0) is 27.1. The van der Waals surface area contributed by atoms with Gasteiger partial charge in [0.05, 0.1) is 42.3 Å². The molecule has 0 bridgehead atoms. The summed E-state index contributed by atoms with van der Waals surface area (Å²) in [5, 5.41) is 9.48. The van der Waals surface area contributed by atoms with Crippen molar-refractivity contribution in [2.45, 2.75) is 63.4 Å². The summed E-state index contributed by atoms with van der Waals surface area (Å²) in [5.74, 6) is 2.39. The Morgan fingerprint density at radius 1 is 1.13 bits per heavy atom. The fraction of sp³-hybridized carbons (Fsp3) is 0.379. The minimum atomic E-state index is -1.38. The van der Waals surface area contributed by atoms with Gasteiger partial charge >= 0.3 is 0 Å². The van der Waals surface area contributed by atoms with Crippen LogP contribution in [0.1, 0.15) is 56.4 Å². The number of aliphatic hydroxyl groups is 1. The molecule has 8 nitrogen and oxygen atoms in total. The van der Waals surface area contributed by atoms with E-state index in [9.17, 15) is 14.5 Å². The topological polar surface area (TPSA) is 113 Å². The van der Waals surface area contributed by atoms with Crippen LogP contribution in [0.5, 0.6) is 23.1 Å². The normalized spacial score (nSPS) is 18.1. The maximum absolute atomic E-state index is 12.0. The predicted molar refractivity (Wildman–Crippen MR) is 146 cm³/mol. The summed E-state index contributed by atoms with van der Waals surface area (Å²) in [4.78, 5) is 15.8. The first-order chi connectivity index (χ1) is 18.2. The molecular weight excluding hydrogens is 504 g/mol. The largest absolute Gasteiger partial charge is 0.593 e. The summed E-state index contributed by atoms with van der Waals surface area (Å²) in [6.07, 6.45) is 3.87. The molecule has 0 saturated carbocycles. The number of hydrogen-bond donors (Lipinski definition) is 2. The molecule has 1 aliphatic heterocycles. The molecule has 38 heavy (non-hydrogen) atoms. The van der Waals surface area contributed by atoms with Crippen molar-refractivity contribution in [3.8, 4) is 23.1 Å². The number of aryl methyl sites for hydroxylation is 1. The van der Waals surface area contributed by atoms with E-state index in [1.165, 1.54) is 0 Å². The molecule has 0 radical (unpaired) electrons. The lowest BCUT2D eigenvalue weighted by Gasteiger charge is -2.17. The number of rotatable bonds is 12. The van der Waals surface area contributed by atoms with Crippen molar-refractivity contribution >= 4 is 17.3 Å². The average molecular weight is 539 g/mol. The second kappa shape index (κ2) is 12.5. The standard InChI is InChI=1S/C29H34N2O6S/c1-20(36-23-12-10-22(11-13-23)26-18-27(32)31-38(26)34)8-9-21-6-4-5-7-25(21)37-24-14-15-28(30-19-24)35-17-16-29(2,3)33/h4-7,10-15,19-20,26,33H,8-9,16-18H2,1-3H3,(H,31,32)/t20-,26?,38?/m0/s1. The minimum absolute atomic E-state index is 0.0419. The molecule has 2 aromatic carbocycles. The molecule has 1 aromatic heterocycles.